The van der Waals surface area contributed by atoms with Crippen molar-refractivity contribution < 1.29 is 33.6 Å². The lowest BCUT2D eigenvalue weighted by Crippen LogP contribution is -2.32. The highest BCUT2D eigenvalue weighted by molar-refractivity contribution is 6.03. The third kappa shape index (κ3) is 3.79. The van der Waals surface area contributed by atoms with Gasteiger partial charge in [-0.05, 0) is 19.1 Å². The molecule has 1 aromatic carbocycles. The molecular formula is C16H16N2O8. The summed E-state index contributed by atoms with van der Waals surface area (Å²) < 4.78 is 10.1. The van der Waals surface area contributed by atoms with Crippen LogP contribution in [0.2, 0.25) is 0 Å². The molecule has 0 aliphatic carbocycles. The highest BCUT2D eigenvalue weighted by Crippen LogP contribution is 2.35. The molecule has 1 aliphatic heterocycles. The first-order chi connectivity index (χ1) is 12.3. The lowest BCUT2D eigenvalue weighted by molar-refractivity contribution is -0.385. The molecule has 0 N–H and O–H groups in total. The molecule has 2 amide bonds. The standard InChI is InChI=1S/C16H16N2O8/c1-9(16(21)26-17-14(19)4-5-15(17)20)6-10-7-12(24-2)13(25-3)8-11(10)18(22)23/h6-8H,4-5H2,1-3H3. The van der Waals surface area contributed by atoms with Gasteiger partial charge in [0.2, 0.25) is 0 Å². The van der Waals surface area contributed by atoms with E-state index in [4.69, 9.17) is 14.3 Å². The number of nitro benzene ring substituents is 1. The maximum atomic E-state index is 12.1. The minimum atomic E-state index is -0.974. The second-order valence-corrected chi connectivity index (χ2v) is 5.31. The van der Waals surface area contributed by atoms with Gasteiger partial charge in [-0.25, -0.2) is 4.79 Å². The number of methoxy groups -OCH3 is 2. The van der Waals surface area contributed by atoms with Crippen molar-refractivity contribution in [1.82, 2.24) is 5.06 Å². The van der Waals surface area contributed by atoms with E-state index in [0.29, 0.717) is 5.06 Å². The molecule has 10 nitrogen and oxygen atoms in total. The van der Waals surface area contributed by atoms with Crippen molar-refractivity contribution in [3.63, 3.8) is 0 Å². The van der Waals surface area contributed by atoms with Gasteiger partial charge in [0, 0.05) is 18.4 Å². The highest BCUT2D eigenvalue weighted by atomic mass is 16.7. The molecule has 0 saturated carbocycles. The Labute approximate surface area is 148 Å². The first-order valence-electron chi connectivity index (χ1n) is 7.45. The Morgan fingerprint density at radius 1 is 1.15 bits per heavy atom. The van der Waals surface area contributed by atoms with Crippen molar-refractivity contribution in [2.24, 2.45) is 0 Å². The molecule has 1 fully saturated rings. The number of hydrogen-bond acceptors (Lipinski definition) is 8. The number of imide groups is 1. The van der Waals surface area contributed by atoms with Crippen LogP contribution in [-0.4, -0.2) is 42.0 Å². The van der Waals surface area contributed by atoms with Gasteiger partial charge in [0.25, 0.3) is 17.5 Å². The fraction of sp³-hybridized carbons (Fsp3) is 0.312. The van der Waals surface area contributed by atoms with E-state index in [1.807, 2.05) is 0 Å². The number of carbonyl (C=O) groups is 3. The third-order valence-corrected chi connectivity index (χ3v) is 3.60. The van der Waals surface area contributed by atoms with Crippen LogP contribution in [0.5, 0.6) is 11.5 Å². The summed E-state index contributed by atoms with van der Waals surface area (Å²) in [7, 11) is 2.70. The smallest absolute Gasteiger partial charge is 0.359 e. The summed E-state index contributed by atoms with van der Waals surface area (Å²) in [6.45, 7) is 1.34. The van der Waals surface area contributed by atoms with E-state index < -0.39 is 22.7 Å². The molecule has 0 unspecified atom stereocenters. The van der Waals surface area contributed by atoms with Gasteiger partial charge < -0.3 is 14.3 Å². The summed E-state index contributed by atoms with van der Waals surface area (Å²) >= 11 is 0. The van der Waals surface area contributed by atoms with Crippen LogP contribution in [0.4, 0.5) is 5.69 Å². The predicted molar refractivity (Wildman–Crippen MR) is 87.0 cm³/mol. The lowest BCUT2D eigenvalue weighted by atomic mass is 10.1. The fourth-order valence-corrected chi connectivity index (χ4v) is 2.26. The van der Waals surface area contributed by atoms with Gasteiger partial charge in [0.05, 0.1) is 30.8 Å². The maximum absolute atomic E-state index is 12.1. The Kier molecular flexibility index (Phi) is 5.55. The number of nitro groups is 1. The Balaban J connectivity index is 2.34. The van der Waals surface area contributed by atoms with Gasteiger partial charge in [-0.2, -0.15) is 0 Å². The molecule has 0 spiro atoms. The number of carbonyl (C=O) groups excluding carboxylic acids is 3. The maximum Gasteiger partial charge on any atom is 0.359 e. The summed E-state index contributed by atoms with van der Waals surface area (Å²) in [4.78, 5) is 50.5. The van der Waals surface area contributed by atoms with E-state index in [9.17, 15) is 24.5 Å². The van der Waals surface area contributed by atoms with Crippen LogP contribution in [-0.2, 0) is 19.2 Å². The average molecular weight is 364 g/mol. The van der Waals surface area contributed by atoms with E-state index in [1.54, 1.807) is 0 Å². The zero-order valence-electron chi connectivity index (χ0n) is 14.3. The lowest BCUT2D eigenvalue weighted by Gasteiger charge is -2.13. The molecule has 138 valence electrons. The topological polar surface area (TPSA) is 125 Å². The molecule has 1 aliphatic rings. The number of rotatable bonds is 6. The van der Waals surface area contributed by atoms with Crippen molar-refractivity contribution in [2.45, 2.75) is 19.8 Å². The van der Waals surface area contributed by atoms with Gasteiger partial charge in [-0.15, -0.1) is 5.06 Å². The van der Waals surface area contributed by atoms with Crippen LogP contribution in [0.15, 0.2) is 17.7 Å². The number of ether oxygens (including phenoxy) is 2. The van der Waals surface area contributed by atoms with Gasteiger partial charge in [-0.3, -0.25) is 19.7 Å². The Morgan fingerprint density at radius 2 is 1.69 bits per heavy atom. The van der Waals surface area contributed by atoms with Crippen LogP contribution in [0, 0.1) is 10.1 Å². The molecule has 2 rings (SSSR count). The Hall–Kier alpha value is -3.43. The average Bonchev–Trinajstić information content (AvgIpc) is 2.92. The Bertz CT molecular complexity index is 799. The third-order valence-electron chi connectivity index (χ3n) is 3.60. The molecule has 26 heavy (non-hydrogen) atoms. The number of hydroxylamine groups is 2. The normalized spacial score (nSPS) is 14.4. The first-order valence-corrected chi connectivity index (χ1v) is 7.45. The minimum absolute atomic E-state index is 0.0317. The van der Waals surface area contributed by atoms with Gasteiger partial charge in [0.15, 0.2) is 11.5 Å². The minimum Gasteiger partial charge on any atom is -0.493 e. The summed E-state index contributed by atoms with van der Waals surface area (Å²) in [6.07, 6.45) is 1.14. The van der Waals surface area contributed by atoms with Crippen molar-refractivity contribution in [1.29, 1.82) is 0 Å². The number of hydrogen-bond donors (Lipinski definition) is 0. The van der Waals surface area contributed by atoms with E-state index in [1.165, 1.54) is 33.3 Å². The van der Waals surface area contributed by atoms with Crippen LogP contribution >= 0.6 is 0 Å². The number of nitrogens with zero attached hydrogens (tertiary/aromatic N) is 2. The zero-order valence-corrected chi connectivity index (χ0v) is 14.3. The largest absolute Gasteiger partial charge is 0.493 e. The SMILES string of the molecule is COc1cc(C=C(C)C(=O)ON2C(=O)CCC2=O)c([N+](=O)[O-])cc1OC. The van der Waals surface area contributed by atoms with E-state index in [-0.39, 0.29) is 41.2 Å². The second kappa shape index (κ2) is 7.64. The summed E-state index contributed by atoms with van der Waals surface area (Å²) in [5, 5.41) is 11.7. The summed E-state index contributed by atoms with van der Waals surface area (Å²) in [6, 6.07) is 2.50. The number of benzene rings is 1. The van der Waals surface area contributed by atoms with Gasteiger partial charge in [-0.1, -0.05) is 0 Å². The first kappa shape index (κ1) is 18.9. The Morgan fingerprint density at radius 3 is 2.19 bits per heavy atom. The van der Waals surface area contributed by atoms with Crippen molar-refractivity contribution >= 4 is 29.5 Å². The zero-order chi connectivity index (χ0) is 19.4. The van der Waals surface area contributed by atoms with Crippen molar-refractivity contribution in [3.8, 4) is 11.5 Å². The highest BCUT2D eigenvalue weighted by Gasteiger charge is 2.33. The molecule has 0 radical (unpaired) electrons. The van der Waals surface area contributed by atoms with Crippen molar-refractivity contribution in [3.05, 3.63) is 33.4 Å². The van der Waals surface area contributed by atoms with E-state index in [0.717, 1.165) is 6.07 Å². The monoisotopic (exact) mass is 364 g/mol. The molecule has 1 aromatic rings. The van der Waals surface area contributed by atoms with Gasteiger partial charge >= 0.3 is 5.97 Å². The molecule has 10 heteroatoms. The van der Waals surface area contributed by atoms with E-state index in [2.05, 4.69) is 0 Å². The van der Waals surface area contributed by atoms with Gasteiger partial charge in [0.1, 0.15) is 0 Å². The second-order valence-electron chi connectivity index (χ2n) is 5.31. The summed E-state index contributed by atoms with van der Waals surface area (Å²) in [5.41, 5.74) is -0.294. The van der Waals surface area contributed by atoms with Crippen molar-refractivity contribution in [2.75, 3.05) is 14.2 Å². The molecule has 0 bridgehead atoms. The van der Waals surface area contributed by atoms with Crippen LogP contribution < -0.4 is 9.47 Å². The summed E-state index contributed by atoms with van der Waals surface area (Å²) in [5.74, 6) is -1.82. The van der Waals surface area contributed by atoms with Crippen LogP contribution in [0.25, 0.3) is 6.08 Å². The van der Waals surface area contributed by atoms with Crippen LogP contribution in [0.3, 0.4) is 0 Å². The van der Waals surface area contributed by atoms with Crippen LogP contribution in [0.1, 0.15) is 25.3 Å². The molecule has 1 heterocycles. The number of amides is 2. The quantitative estimate of drug-likeness (QED) is 0.323. The molecule has 0 atom stereocenters. The molecule has 1 saturated heterocycles. The molecule has 0 aromatic heterocycles. The molecular weight excluding hydrogens is 348 g/mol. The predicted octanol–water partition coefficient (Wildman–Crippen LogP) is 1.62. The van der Waals surface area contributed by atoms with E-state index >= 15 is 0 Å². The fourth-order valence-electron chi connectivity index (χ4n) is 2.26.